The van der Waals surface area contributed by atoms with E-state index in [9.17, 15) is 9.59 Å². The fourth-order valence-electron chi connectivity index (χ4n) is 2.49. The molecule has 0 aromatic heterocycles. The summed E-state index contributed by atoms with van der Waals surface area (Å²) in [6, 6.07) is 14.8. The van der Waals surface area contributed by atoms with Crippen molar-refractivity contribution in [3.63, 3.8) is 0 Å². The van der Waals surface area contributed by atoms with Crippen LogP contribution in [0.3, 0.4) is 0 Å². The van der Waals surface area contributed by atoms with Crippen molar-refractivity contribution >= 4 is 33.5 Å². The minimum Gasteiger partial charge on any atom is -0.465 e. The number of hydrogen-bond donors (Lipinski definition) is 0. The Kier molecular flexibility index (Phi) is 3.51. The summed E-state index contributed by atoms with van der Waals surface area (Å²) in [5, 5.41) is 3.87. The molecular weight excluding hydrogens is 280 g/mol. The van der Waals surface area contributed by atoms with Gasteiger partial charge in [-0.25, -0.2) is 9.59 Å². The summed E-state index contributed by atoms with van der Waals surface area (Å²) in [6.07, 6.45) is 0. The Morgan fingerprint density at radius 3 is 1.45 bits per heavy atom. The third-order valence-corrected chi connectivity index (χ3v) is 3.64. The first-order valence-corrected chi connectivity index (χ1v) is 6.76. The second-order valence-corrected chi connectivity index (χ2v) is 4.96. The van der Waals surface area contributed by atoms with Crippen molar-refractivity contribution in [2.24, 2.45) is 0 Å². The van der Waals surface area contributed by atoms with Crippen LogP contribution in [0.2, 0.25) is 0 Å². The Morgan fingerprint density at radius 1 is 0.636 bits per heavy atom. The van der Waals surface area contributed by atoms with Crippen molar-refractivity contribution in [2.75, 3.05) is 14.2 Å². The number of hydrogen-bond acceptors (Lipinski definition) is 4. The fourth-order valence-corrected chi connectivity index (χ4v) is 2.49. The molecule has 0 saturated carbocycles. The van der Waals surface area contributed by atoms with Crippen LogP contribution in [0.5, 0.6) is 0 Å². The number of carbonyl (C=O) groups is 2. The Hall–Kier alpha value is -2.88. The van der Waals surface area contributed by atoms with Crippen molar-refractivity contribution in [3.8, 4) is 0 Å². The Balaban J connectivity index is 2.19. The normalized spacial score (nSPS) is 10.6. The van der Waals surface area contributed by atoms with Crippen LogP contribution in [0.25, 0.3) is 21.5 Å². The molecule has 0 heterocycles. The van der Waals surface area contributed by atoms with Crippen molar-refractivity contribution in [1.29, 1.82) is 0 Å². The lowest BCUT2D eigenvalue weighted by Crippen LogP contribution is -2.01. The largest absolute Gasteiger partial charge is 0.465 e. The summed E-state index contributed by atoms with van der Waals surface area (Å²) in [5.41, 5.74) is 0.997. The molecule has 110 valence electrons. The van der Waals surface area contributed by atoms with E-state index in [2.05, 4.69) is 0 Å². The lowest BCUT2D eigenvalue weighted by atomic mass is 10.00. The zero-order valence-corrected chi connectivity index (χ0v) is 12.3. The van der Waals surface area contributed by atoms with Crippen molar-refractivity contribution in [2.45, 2.75) is 0 Å². The molecule has 0 bridgehead atoms. The van der Waals surface area contributed by atoms with Gasteiger partial charge in [0.25, 0.3) is 0 Å². The van der Waals surface area contributed by atoms with Crippen molar-refractivity contribution in [3.05, 3.63) is 59.7 Å². The van der Waals surface area contributed by atoms with Crippen LogP contribution in [0.1, 0.15) is 20.7 Å². The van der Waals surface area contributed by atoms with Gasteiger partial charge in [-0.2, -0.15) is 0 Å². The van der Waals surface area contributed by atoms with Crippen LogP contribution >= 0.6 is 0 Å². The Morgan fingerprint density at radius 2 is 1.05 bits per heavy atom. The number of fused-ring (bicyclic) bond motifs is 2. The predicted molar refractivity (Wildman–Crippen MR) is 84.1 cm³/mol. The number of benzene rings is 3. The summed E-state index contributed by atoms with van der Waals surface area (Å²) in [4.78, 5) is 23.2. The van der Waals surface area contributed by atoms with E-state index in [1.54, 1.807) is 24.3 Å². The predicted octanol–water partition coefficient (Wildman–Crippen LogP) is 3.57. The first-order valence-electron chi connectivity index (χ1n) is 6.76. The van der Waals surface area contributed by atoms with Gasteiger partial charge in [0.05, 0.1) is 25.3 Å². The van der Waals surface area contributed by atoms with Gasteiger partial charge in [0, 0.05) is 0 Å². The van der Waals surface area contributed by atoms with Crippen LogP contribution in [-0.4, -0.2) is 26.2 Å². The number of esters is 2. The number of carbonyl (C=O) groups excluding carboxylic acids is 2. The number of rotatable bonds is 2. The highest BCUT2D eigenvalue weighted by atomic mass is 16.5. The topological polar surface area (TPSA) is 52.6 Å². The molecule has 3 aromatic carbocycles. The molecule has 3 aromatic rings. The number of methoxy groups -OCH3 is 2. The third kappa shape index (κ3) is 2.39. The number of ether oxygens (including phenoxy) is 2. The van der Waals surface area contributed by atoms with Crippen LogP contribution in [0, 0.1) is 0 Å². The second-order valence-electron chi connectivity index (χ2n) is 4.96. The highest BCUT2D eigenvalue weighted by Crippen LogP contribution is 2.25. The molecule has 4 nitrogen and oxygen atoms in total. The summed E-state index contributed by atoms with van der Waals surface area (Å²) in [6.45, 7) is 0. The Bertz CT molecular complexity index is 825. The molecule has 4 heteroatoms. The zero-order valence-electron chi connectivity index (χ0n) is 12.3. The minimum absolute atomic E-state index is 0.370. The van der Waals surface area contributed by atoms with Gasteiger partial charge in [0.1, 0.15) is 0 Å². The molecule has 0 spiro atoms. The van der Waals surface area contributed by atoms with Gasteiger partial charge in [0.15, 0.2) is 0 Å². The lowest BCUT2D eigenvalue weighted by Gasteiger charge is -2.06. The third-order valence-electron chi connectivity index (χ3n) is 3.64. The summed E-state index contributed by atoms with van der Waals surface area (Å²) in [5.74, 6) is -0.740. The molecule has 0 atom stereocenters. The van der Waals surface area contributed by atoms with E-state index in [4.69, 9.17) is 9.47 Å². The minimum atomic E-state index is -0.370. The lowest BCUT2D eigenvalue weighted by molar-refractivity contribution is 0.0592. The molecule has 0 fully saturated rings. The maximum atomic E-state index is 11.6. The molecule has 0 radical (unpaired) electrons. The van der Waals surface area contributed by atoms with E-state index in [0.29, 0.717) is 11.1 Å². The van der Waals surface area contributed by atoms with Crippen molar-refractivity contribution < 1.29 is 19.1 Å². The molecular formula is C18H14O4. The highest BCUT2D eigenvalue weighted by Gasteiger charge is 2.09. The second kappa shape index (κ2) is 5.48. The first kappa shape index (κ1) is 14.1. The van der Waals surface area contributed by atoms with E-state index in [0.717, 1.165) is 21.5 Å². The quantitative estimate of drug-likeness (QED) is 0.535. The average molecular weight is 294 g/mol. The standard InChI is InChI=1S/C18H14O4/c1-21-17(19)13-5-3-11-7-12-4-6-14(18(20)22-2)9-16(12)10-15(11)8-13/h3-10H,1-2H3. The molecule has 0 amide bonds. The van der Waals surface area contributed by atoms with Gasteiger partial charge in [-0.3, -0.25) is 0 Å². The smallest absolute Gasteiger partial charge is 0.337 e. The molecule has 22 heavy (non-hydrogen) atoms. The Labute approximate surface area is 127 Å². The van der Waals surface area contributed by atoms with E-state index < -0.39 is 0 Å². The van der Waals surface area contributed by atoms with Gasteiger partial charge < -0.3 is 9.47 Å². The monoisotopic (exact) mass is 294 g/mol. The van der Waals surface area contributed by atoms with Gasteiger partial charge in [-0.05, 0) is 57.9 Å². The summed E-state index contributed by atoms with van der Waals surface area (Å²) >= 11 is 0. The van der Waals surface area contributed by atoms with Crippen LogP contribution in [0.15, 0.2) is 48.5 Å². The molecule has 0 aliphatic carbocycles. The molecule has 0 unspecified atom stereocenters. The maximum absolute atomic E-state index is 11.6. The van der Waals surface area contributed by atoms with Gasteiger partial charge >= 0.3 is 11.9 Å². The van der Waals surface area contributed by atoms with Crippen LogP contribution < -0.4 is 0 Å². The van der Waals surface area contributed by atoms with Gasteiger partial charge in [-0.1, -0.05) is 12.1 Å². The molecule has 0 aliphatic rings. The first-order chi connectivity index (χ1) is 10.6. The van der Waals surface area contributed by atoms with E-state index in [1.807, 2.05) is 24.3 Å². The molecule has 0 N–H and O–H groups in total. The summed E-state index contributed by atoms with van der Waals surface area (Å²) in [7, 11) is 2.71. The van der Waals surface area contributed by atoms with Gasteiger partial charge in [-0.15, -0.1) is 0 Å². The van der Waals surface area contributed by atoms with Gasteiger partial charge in [0.2, 0.25) is 0 Å². The van der Waals surface area contributed by atoms with Crippen LogP contribution in [-0.2, 0) is 9.47 Å². The van der Waals surface area contributed by atoms with E-state index in [1.165, 1.54) is 14.2 Å². The van der Waals surface area contributed by atoms with E-state index >= 15 is 0 Å². The molecule has 3 rings (SSSR count). The van der Waals surface area contributed by atoms with Crippen molar-refractivity contribution in [1.82, 2.24) is 0 Å². The average Bonchev–Trinajstić information content (AvgIpc) is 2.57. The molecule has 0 saturated heterocycles. The van der Waals surface area contributed by atoms with E-state index in [-0.39, 0.29) is 11.9 Å². The fraction of sp³-hybridized carbons (Fsp3) is 0.111. The SMILES string of the molecule is COC(=O)c1ccc2cc3ccc(C(=O)OC)cc3cc2c1. The molecule has 0 aliphatic heterocycles. The maximum Gasteiger partial charge on any atom is 0.337 e. The summed E-state index contributed by atoms with van der Waals surface area (Å²) < 4.78 is 9.48. The highest BCUT2D eigenvalue weighted by molar-refractivity contribution is 6.03. The zero-order chi connectivity index (χ0) is 15.7. The van der Waals surface area contributed by atoms with Crippen LogP contribution in [0.4, 0.5) is 0 Å².